The highest BCUT2D eigenvalue weighted by Gasteiger charge is 2.16. The van der Waals surface area contributed by atoms with Gasteiger partial charge in [-0.25, -0.2) is 0 Å². The van der Waals surface area contributed by atoms with Crippen LogP contribution in [0.5, 0.6) is 0 Å². The Morgan fingerprint density at radius 3 is 2.54 bits per heavy atom. The Kier molecular flexibility index (Phi) is 6.37. The Balaban J connectivity index is 1.79. The Hall–Kier alpha value is -2.34. The highest BCUT2D eigenvalue weighted by Crippen LogP contribution is 2.14. The number of aromatic amines is 1. The number of nitrogens with one attached hydrogen (secondary N) is 3. The summed E-state index contributed by atoms with van der Waals surface area (Å²) >= 11 is 0. The van der Waals surface area contributed by atoms with E-state index < -0.39 is 6.10 Å². The number of rotatable bonds is 8. The second-order valence-corrected chi connectivity index (χ2v) is 5.90. The van der Waals surface area contributed by atoms with Crippen molar-refractivity contribution < 1.29 is 14.7 Å². The molecule has 1 heterocycles. The lowest BCUT2D eigenvalue weighted by Crippen LogP contribution is -2.41. The number of fused-ring (bicyclic) bond motifs is 1. The van der Waals surface area contributed by atoms with Gasteiger partial charge in [0, 0.05) is 17.4 Å². The molecule has 2 rings (SSSR count). The van der Waals surface area contributed by atoms with E-state index in [0.717, 1.165) is 23.7 Å². The van der Waals surface area contributed by atoms with Crippen molar-refractivity contribution in [2.45, 2.75) is 32.8 Å². The number of aromatic nitrogens is 1. The molecule has 0 spiro atoms. The number of hydrogen-bond acceptors (Lipinski definition) is 3. The SMILES string of the molecule is CCC(CC)C(O)CNC(=O)CNC(=O)c1cc2ccccc2[nH]1. The van der Waals surface area contributed by atoms with Crippen molar-refractivity contribution in [2.24, 2.45) is 5.92 Å². The molecule has 0 radical (unpaired) electrons. The molecule has 2 aromatic rings. The lowest BCUT2D eigenvalue weighted by molar-refractivity contribution is -0.120. The molecule has 2 amide bonds. The average Bonchev–Trinajstić information content (AvgIpc) is 3.03. The molecule has 0 bridgehead atoms. The van der Waals surface area contributed by atoms with E-state index in [2.05, 4.69) is 15.6 Å². The van der Waals surface area contributed by atoms with E-state index in [1.54, 1.807) is 6.07 Å². The van der Waals surface area contributed by atoms with Crippen molar-refractivity contribution in [3.8, 4) is 0 Å². The van der Waals surface area contributed by atoms with Gasteiger partial charge in [0.2, 0.25) is 5.91 Å². The smallest absolute Gasteiger partial charge is 0.268 e. The number of hydrogen-bond donors (Lipinski definition) is 4. The third kappa shape index (κ3) is 4.58. The summed E-state index contributed by atoms with van der Waals surface area (Å²) in [6.45, 7) is 4.11. The van der Waals surface area contributed by atoms with Crippen LogP contribution in [0.1, 0.15) is 37.2 Å². The molecular weight excluding hydrogens is 306 g/mol. The van der Waals surface area contributed by atoms with Gasteiger partial charge < -0.3 is 20.7 Å². The Morgan fingerprint density at radius 2 is 1.88 bits per heavy atom. The largest absolute Gasteiger partial charge is 0.391 e. The molecule has 0 fully saturated rings. The van der Waals surface area contributed by atoms with E-state index in [9.17, 15) is 14.7 Å². The van der Waals surface area contributed by atoms with Gasteiger partial charge in [-0.2, -0.15) is 0 Å². The zero-order valence-electron chi connectivity index (χ0n) is 14.1. The molecule has 4 N–H and O–H groups in total. The second-order valence-electron chi connectivity index (χ2n) is 5.90. The molecule has 0 saturated carbocycles. The van der Waals surface area contributed by atoms with Crippen molar-refractivity contribution >= 4 is 22.7 Å². The number of carbonyl (C=O) groups excluding carboxylic acids is 2. The van der Waals surface area contributed by atoms with Crippen LogP contribution < -0.4 is 10.6 Å². The maximum absolute atomic E-state index is 12.1. The van der Waals surface area contributed by atoms with Crippen molar-refractivity contribution in [1.82, 2.24) is 15.6 Å². The number of H-pyrrole nitrogens is 1. The van der Waals surface area contributed by atoms with Gasteiger partial charge >= 0.3 is 0 Å². The average molecular weight is 331 g/mol. The summed E-state index contributed by atoms with van der Waals surface area (Å²) in [6, 6.07) is 9.34. The van der Waals surface area contributed by atoms with Gasteiger partial charge in [0.15, 0.2) is 0 Å². The van der Waals surface area contributed by atoms with E-state index >= 15 is 0 Å². The van der Waals surface area contributed by atoms with Gasteiger partial charge in [-0.15, -0.1) is 0 Å². The van der Waals surface area contributed by atoms with Gasteiger partial charge in [-0.3, -0.25) is 9.59 Å². The van der Waals surface area contributed by atoms with Crippen LogP contribution in [0, 0.1) is 5.92 Å². The Morgan fingerprint density at radius 1 is 1.17 bits per heavy atom. The van der Waals surface area contributed by atoms with Crippen LogP contribution in [0.3, 0.4) is 0 Å². The molecule has 0 aliphatic heterocycles. The summed E-state index contributed by atoms with van der Waals surface area (Å²) in [5.41, 5.74) is 1.29. The molecule has 6 nitrogen and oxygen atoms in total. The Bertz CT molecular complexity index is 659. The number of benzene rings is 1. The summed E-state index contributed by atoms with van der Waals surface area (Å²) in [7, 11) is 0. The molecule has 0 aliphatic rings. The van der Waals surface area contributed by atoms with Crippen LogP contribution in [0.4, 0.5) is 0 Å². The van der Waals surface area contributed by atoms with Gasteiger partial charge in [0.05, 0.1) is 12.6 Å². The fourth-order valence-corrected chi connectivity index (χ4v) is 2.73. The molecule has 1 aromatic carbocycles. The molecule has 1 atom stereocenters. The van der Waals surface area contributed by atoms with E-state index in [4.69, 9.17) is 0 Å². The fourth-order valence-electron chi connectivity index (χ4n) is 2.73. The van der Waals surface area contributed by atoms with E-state index in [0.29, 0.717) is 5.69 Å². The highest BCUT2D eigenvalue weighted by molar-refractivity contribution is 5.99. The Labute approximate surface area is 141 Å². The first kappa shape index (κ1) is 18.0. The van der Waals surface area contributed by atoms with Crippen molar-refractivity contribution in [3.63, 3.8) is 0 Å². The van der Waals surface area contributed by atoms with Gasteiger partial charge in [0.1, 0.15) is 5.69 Å². The van der Waals surface area contributed by atoms with E-state index in [1.807, 2.05) is 38.1 Å². The first-order valence-electron chi connectivity index (χ1n) is 8.35. The second kappa shape index (κ2) is 8.49. The fraction of sp³-hybridized carbons (Fsp3) is 0.444. The molecule has 1 aromatic heterocycles. The summed E-state index contributed by atoms with van der Waals surface area (Å²) < 4.78 is 0. The van der Waals surface area contributed by atoms with Gasteiger partial charge in [-0.05, 0) is 18.1 Å². The zero-order chi connectivity index (χ0) is 17.5. The topological polar surface area (TPSA) is 94.2 Å². The number of amides is 2. The van der Waals surface area contributed by atoms with E-state index in [1.165, 1.54) is 0 Å². The maximum atomic E-state index is 12.1. The first-order valence-corrected chi connectivity index (χ1v) is 8.35. The predicted octanol–water partition coefficient (Wildman–Crippen LogP) is 1.81. The highest BCUT2D eigenvalue weighted by atomic mass is 16.3. The van der Waals surface area contributed by atoms with Crippen molar-refractivity contribution in [2.75, 3.05) is 13.1 Å². The molecular formula is C18H25N3O3. The first-order chi connectivity index (χ1) is 11.5. The minimum atomic E-state index is -0.562. The van der Waals surface area contributed by atoms with Crippen molar-refractivity contribution in [3.05, 3.63) is 36.0 Å². The zero-order valence-corrected chi connectivity index (χ0v) is 14.1. The molecule has 0 aliphatic carbocycles. The minimum Gasteiger partial charge on any atom is -0.391 e. The minimum absolute atomic E-state index is 0.121. The number of carbonyl (C=O) groups is 2. The lowest BCUT2D eigenvalue weighted by Gasteiger charge is -2.20. The summed E-state index contributed by atoms with van der Waals surface area (Å²) in [6.07, 6.45) is 1.17. The van der Waals surface area contributed by atoms with Crippen LogP contribution in [0.2, 0.25) is 0 Å². The number of aliphatic hydroxyl groups excluding tert-OH is 1. The van der Waals surface area contributed by atoms with Crippen LogP contribution >= 0.6 is 0 Å². The normalized spacial score (nSPS) is 12.3. The number of para-hydroxylation sites is 1. The third-order valence-electron chi connectivity index (χ3n) is 4.29. The quantitative estimate of drug-likeness (QED) is 0.594. The lowest BCUT2D eigenvalue weighted by atomic mass is 9.96. The third-order valence-corrected chi connectivity index (χ3v) is 4.29. The van der Waals surface area contributed by atoms with Crippen molar-refractivity contribution in [1.29, 1.82) is 0 Å². The van der Waals surface area contributed by atoms with Crippen LogP contribution in [0.25, 0.3) is 10.9 Å². The summed E-state index contributed by atoms with van der Waals surface area (Å²) in [5, 5.41) is 16.2. The molecule has 1 unspecified atom stereocenters. The molecule has 130 valence electrons. The molecule has 0 saturated heterocycles. The van der Waals surface area contributed by atoms with Crippen LogP contribution in [-0.2, 0) is 4.79 Å². The van der Waals surface area contributed by atoms with E-state index in [-0.39, 0.29) is 30.8 Å². The molecule has 6 heteroatoms. The number of aliphatic hydroxyl groups is 1. The van der Waals surface area contributed by atoms with Gasteiger partial charge in [-0.1, -0.05) is 44.9 Å². The maximum Gasteiger partial charge on any atom is 0.268 e. The summed E-state index contributed by atoms with van der Waals surface area (Å²) in [5.74, 6) is -0.474. The van der Waals surface area contributed by atoms with Crippen LogP contribution in [0.15, 0.2) is 30.3 Å². The van der Waals surface area contributed by atoms with Crippen LogP contribution in [-0.4, -0.2) is 41.1 Å². The molecule has 24 heavy (non-hydrogen) atoms. The predicted molar refractivity (Wildman–Crippen MR) is 93.7 cm³/mol. The summed E-state index contributed by atoms with van der Waals surface area (Å²) in [4.78, 5) is 26.9. The van der Waals surface area contributed by atoms with Gasteiger partial charge in [0.25, 0.3) is 5.91 Å². The monoisotopic (exact) mass is 331 g/mol. The standard InChI is InChI=1S/C18H25N3O3/c1-3-12(4-2)16(22)10-19-17(23)11-20-18(24)15-9-13-7-5-6-8-14(13)21-15/h5-9,12,16,21-22H,3-4,10-11H2,1-2H3,(H,19,23)(H,20,24).